The van der Waals surface area contributed by atoms with Crippen molar-refractivity contribution in [3.8, 4) is 0 Å². The number of carbonyl (C=O) groups excluding carboxylic acids is 1. The Labute approximate surface area is 187 Å². The van der Waals surface area contributed by atoms with Crippen molar-refractivity contribution in [2.45, 2.75) is 30.6 Å². The van der Waals surface area contributed by atoms with Gasteiger partial charge in [0.2, 0.25) is 15.9 Å². The van der Waals surface area contributed by atoms with Gasteiger partial charge in [0.25, 0.3) is 5.69 Å². The molecule has 1 aliphatic heterocycles. The Morgan fingerprint density at radius 3 is 2.41 bits per heavy atom. The minimum atomic E-state index is -3.60. The van der Waals surface area contributed by atoms with Crippen molar-refractivity contribution in [1.29, 1.82) is 0 Å². The van der Waals surface area contributed by atoms with Crippen LogP contribution in [0.4, 0.5) is 5.69 Å². The van der Waals surface area contributed by atoms with Crippen LogP contribution in [0.25, 0.3) is 6.08 Å². The van der Waals surface area contributed by atoms with E-state index >= 15 is 0 Å². The molecule has 0 bridgehead atoms. The molecule has 168 valence electrons. The topological polar surface area (TPSA) is 101 Å². The number of amides is 1. The maximum atomic E-state index is 13.1. The summed E-state index contributed by atoms with van der Waals surface area (Å²) in [6.45, 7) is 1.05. The van der Waals surface area contributed by atoms with Crippen LogP contribution in [0.5, 0.6) is 0 Å². The van der Waals surface area contributed by atoms with E-state index in [1.807, 2.05) is 12.1 Å². The third-order valence-electron chi connectivity index (χ3n) is 6.01. The molecule has 2 aromatic rings. The number of carbonyl (C=O) groups is 1. The lowest BCUT2D eigenvalue weighted by atomic mass is 9.92. The van der Waals surface area contributed by atoms with Crippen LogP contribution in [-0.4, -0.2) is 54.6 Å². The first-order valence-corrected chi connectivity index (χ1v) is 12.1. The van der Waals surface area contributed by atoms with E-state index in [9.17, 15) is 23.3 Å². The molecule has 1 heterocycles. The molecule has 1 fully saturated rings. The number of benzene rings is 2. The first kappa shape index (κ1) is 22.2. The van der Waals surface area contributed by atoms with Crippen LogP contribution in [0, 0.1) is 10.1 Å². The predicted molar refractivity (Wildman–Crippen MR) is 121 cm³/mol. The van der Waals surface area contributed by atoms with Crippen LogP contribution in [0.1, 0.15) is 29.5 Å². The second-order valence-corrected chi connectivity index (χ2v) is 9.99. The highest BCUT2D eigenvalue weighted by Crippen LogP contribution is 2.26. The molecule has 0 aromatic heterocycles. The van der Waals surface area contributed by atoms with Gasteiger partial charge in [-0.15, -0.1) is 0 Å². The van der Waals surface area contributed by atoms with Gasteiger partial charge in [0.1, 0.15) is 0 Å². The summed E-state index contributed by atoms with van der Waals surface area (Å²) >= 11 is 0. The molecule has 0 atom stereocenters. The number of rotatable bonds is 5. The van der Waals surface area contributed by atoms with Gasteiger partial charge in [0.15, 0.2) is 0 Å². The van der Waals surface area contributed by atoms with Crippen molar-refractivity contribution in [3.05, 3.63) is 75.3 Å². The van der Waals surface area contributed by atoms with E-state index in [4.69, 9.17) is 0 Å². The summed E-state index contributed by atoms with van der Waals surface area (Å²) in [5, 5.41) is 10.9. The third kappa shape index (κ3) is 4.73. The summed E-state index contributed by atoms with van der Waals surface area (Å²) in [5.74, 6) is -0.248. The number of fused-ring (bicyclic) bond motifs is 1. The van der Waals surface area contributed by atoms with Gasteiger partial charge < -0.3 is 4.90 Å². The molecule has 0 N–H and O–H groups in total. The molecule has 1 amide bonds. The van der Waals surface area contributed by atoms with Gasteiger partial charge in [-0.05, 0) is 60.6 Å². The minimum absolute atomic E-state index is 0.0411. The van der Waals surface area contributed by atoms with Crippen molar-refractivity contribution in [1.82, 2.24) is 9.21 Å². The second kappa shape index (κ2) is 9.22. The first-order chi connectivity index (χ1) is 15.3. The van der Waals surface area contributed by atoms with E-state index in [1.165, 1.54) is 34.2 Å². The van der Waals surface area contributed by atoms with E-state index in [-0.39, 0.29) is 24.7 Å². The molecule has 1 saturated heterocycles. The maximum Gasteiger partial charge on any atom is 0.270 e. The Bertz CT molecular complexity index is 1170. The number of nitro benzene ring substituents is 1. The number of piperazine rings is 1. The van der Waals surface area contributed by atoms with Gasteiger partial charge >= 0.3 is 0 Å². The molecule has 2 aromatic carbocycles. The van der Waals surface area contributed by atoms with Crippen molar-refractivity contribution in [2.24, 2.45) is 0 Å². The van der Waals surface area contributed by atoms with Gasteiger partial charge in [-0.2, -0.15) is 4.31 Å². The number of nitro groups is 1. The standard InChI is InChI=1S/C23H25N3O5S/c27-23(11-8-18-4-3-7-21(16-18)26(28)29)24-12-14-25(15-13-24)32(30,31)22-10-9-19-5-1-2-6-20(19)17-22/h3-4,7-11,16-17H,1-2,5-6,12-15H2/b11-8+. The fourth-order valence-electron chi connectivity index (χ4n) is 4.18. The molecule has 8 nitrogen and oxygen atoms in total. The highest BCUT2D eigenvalue weighted by atomic mass is 32.2. The van der Waals surface area contributed by atoms with Gasteiger partial charge in [-0.3, -0.25) is 14.9 Å². The number of sulfonamides is 1. The van der Waals surface area contributed by atoms with Crippen LogP contribution >= 0.6 is 0 Å². The summed E-state index contributed by atoms with van der Waals surface area (Å²) in [7, 11) is -3.60. The molecule has 0 spiro atoms. The first-order valence-electron chi connectivity index (χ1n) is 10.7. The normalized spacial score (nSPS) is 17.3. The van der Waals surface area contributed by atoms with Crippen molar-refractivity contribution < 1.29 is 18.1 Å². The van der Waals surface area contributed by atoms with Crippen LogP contribution in [-0.2, 0) is 27.7 Å². The van der Waals surface area contributed by atoms with E-state index in [1.54, 1.807) is 23.1 Å². The highest BCUT2D eigenvalue weighted by molar-refractivity contribution is 7.89. The summed E-state index contributed by atoms with van der Waals surface area (Å²) in [6.07, 6.45) is 7.04. The van der Waals surface area contributed by atoms with E-state index in [0.717, 1.165) is 31.2 Å². The summed E-state index contributed by atoms with van der Waals surface area (Å²) in [4.78, 5) is 24.8. The van der Waals surface area contributed by atoms with Crippen LogP contribution in [0.2, 0.25) is 0 Å². The van der Waals surface area contributed by atoms with Gasteiger partial charge in [-0.25, -0.2) is 8.42 Å². The summed E-state index contributed by atoms with van der Waals surface area (Å²) in [6, 6.07) is 11.5. The fraction of sp³-hybridized carbons (Fsp3) is 0.348. The van der Waals surface area contributed by atoms with Crippen molar-refractivity contribution >= 4 is 27.7 Å². The Hall–Kier alpha value is -3.04. The number of hydrogen-bond acceptors (Lipinski definition) is 5. The maximum absolute atomic E-state index is 13.1. The average molecular weight is 456 g/mol. The lowest BCUT2D eigenvalue weighted by molar-refractivity contribution is -0.384. The highest BCUT2D eigenvalue weighted by Gasteiger charge is 2.30. The molecule has 0 radical (unpaired) electrons. The van der Waals surface area contributed by atoms with Gasteiger partial charge in [0.05, 0.1) is 9.82 Å². The smallest absolute Gasteiger partial charge is 0.270 e. The molecule has 32 heavy (non-hydrogen) atoms. The average Bonchev–Trinajstić information content (AvgIpc) is 2.82. The number of hydrogen-bond donors (Lipinski definition) is 0. The Balaban J connectivity index is 1.38. The molecular weight excluding hydrogens is 430 g/mol. The quantitative estimate of drug-likeness (QED) is 0.392. The zero-order valence-corrected chi connectivity index (χ0v) is 18.5. The molecule has 2 aliphatic rings. The molecule has 1 aliphatic carbocycles. The summed E-state index contributed by atoms with van der Waals surface area (Å²) in [5.41, 5.74) is 2.88. The number of non-ortho nitro benzene ring substituents is 1. The van der Waals surface area contributed by atoms with Gasteiger partial charge in [0, 0.05) is 44.4 Å². The second-order valence-electron chi connectivity index (χ2n) is 8.05. The Morgan fingerprint density at radius 2 is 1.69 bits per heavy atom. The van der Waals surface area contributed by atoms with Crippen molar-refractivity contribution in [3.63, 3.8) is 0 Å². The zero-order valence-electron chi connectivity index (χ0n) is 17.6. The van der Waals surface area contributed by atoms with E-state index in [0.29, 0.717) is 23.5 Å². The number of nitrogens with zero attached hydrogens (tertiary/aromatic N) is 3. The van der Waals surface area contributed by atoms with Gasteiger partial charge in [-0.1, -0.05) is 18.2 Å². The third-order valence-corrected chi connectivity index (χ3v) is 7.90. The van der Waals surface area contributed by atoms with E-state index in [2.05, 4.69) is 0 Å². The van der Waals surface area contributed by atoms with Crippen LogP contribution < -0.4 is 0 Å². The molecular formula is C23H25N3O5S. The van der Waals surface area contributed by atoms with Crippen molar-refractivity contribution in [2.75, 3.05) is 26.2 Å². The van der Waals surface area contributed by atoms with Crippen LogP contribution in [0.15, 0.2) is 53.4 Å². The Kier molecular flexibility index (Phi) is 6.38. The predicted octanol–water partition coefficient (Wildman–Crippen LogP) is 3.02. The van der Waals surface area contributed by atoms with E-state index < -0.39 is 14.9 Å². The lowest BCUT2D eigenvalue weighted by Gasteiger charge is -2.33. The molecule has 0 saturated carbocycles. The monoisotopic (exact) mass is 455 g/mol. The SMILES string of the molecule is O=C(/C=C/c1cccc([N+](=O)[O-])c1)N1CCN(S(=O)(=O)c2ccc3c(c2)CCCC3)CC1. The largest absolute Gasteiger partial charge is 0.337 e. The number of aryl methyl sites for hydroxylation is 2. The molecule has 0 unspecified atom stereocenters. The molecule has 4 rings (SSSR count). The fourth-order valence-corrected chi connectivity index (χ4v) is 5.66. The lowest BCUT2D eigenvalue weighted by Crippen LogP contribution is -2.50. The summed E-state index contributed by atoms with van der Waals surface area (Å²) < 4.78 is 27.6. The minimum Gasteiger partial charge on any atom is -0.337 e. The Morgan fingerprint density at radius 1 is 0.969 bits per heavy atom. The zero-order chi connectivity index (χ0) is 22.7. The molecule has 9 heteroatoms. The van der Waals surface area contributed by atoms with Crippen LogP contribution in [0.3, 0.4) is 0 Å².